The van der Waals surface area contributed by atoms with Gasteiger partial charge in [0, 0.05) is 12.2 Å². The SMILES string of the molecule is COC(=O)/C(=C\c1ccc(OC)cc1)CNc1ccc(OC)cc1. The number of carbonyl (C=O) groups excluding carboxylic acids is 1. The van der Waals surface area contributed by atoms with E-state index in [1.807, 2.05) is 48.5 Å². The van der Waals surface area contributed by atoms with Gasteiger partial charge in [0.1, 0.15) is 11.5 Å². The van der Waals surface area contributed by atoms with Crippen LogP contribution in [-0.2, 0) is 9.53 Å². The first-order chi connectivity index (χ1) is 11.7. The Hall–Kier alpha value is -2.95. The molecule has 2 aromatic carbocycles. The molecule has 0 atom stereocenters. The Kier molecular flexibility index (Phi) is 6.25. The van der Waals surface area contributed by atoms with E-state index in [1.165, 1.54) is 7.11 Å². The van der Waals surface area contributed by atoms with Crippen molar-refractivity contribution in [1.82, 2.24) is 0 Å². The van der Waals surface area contributed by atoms with Crippen molar-refractivity contribution in [3.8, 4) is 11.5 Å². The molecule has 0 bridgehead atoms. The maximum Gasteiger partial charge on any atom is 0.335 e. The second-order valence-electron chi connectivity index (χ2n) is 5.02. The summed E-state index contributed by atoms with van der Waals surface area (Å²) >= 11 is 0. The third kappa shape index (κ3) is 4.78. The molecule has 0 aliphatic heterocycles. The van der Waals surface area contributed by atoms with Gasteiger partial charge in [0.25, 0.3) is 0 Å². The largest absolute Gasteiger partial charge is 0.497 e. The van der Waals surface area contributed by atoms with E-state index in [4.69, 9.17) is 14.2 Å². The number of ether oxygens (including phenoxy) is 3. The van der Waals surface area contributed by atoms with E-state index in [1.54, 1.807) is 20.3 Å². The van der Waals surface area contributed by atoms with Gasteiger partial charge in [-0.05, 0) is 48.0 Å². The molecule has 0 amide bonds. The van der Waals surface area contributed by atoms with Crippen LogP contribution in [0.4, 0.5) is 5.69 Å². The summed E-state index contributed by atoms with van der Waals surface area (Å²) < 4.78 is 15.1. The van der Waals surface area contributed by atoms with E-state index in [9.17, 15) is 4.79 Å². The molecule has 0 spiro atoms. The average molecular weight is 327 g/mol. The zero-order chi connectivity index (χ0) is 17.4. The van der Waals surface area contributed by atoms with Crippen molar-refractivity contribution in [3.63, 3.8) is 0 Å². The Morgan fingerprint density at radius 1 is 0.917 bits per heavy atom. The summed E-state index contributed by atoms with van der Waals surface area (Å²) in [5.41, 5.74) is 2.31. The number of esters is 1. The molecule has 2 aromatic rings. The maximum atomic E-state index is 12.0. The second-order valence-corrected chi connectivity index (χ2v) is 5.02. The molecule has 0 radical (unpaired) electrons. The summed E-state index contributed by atoms with van der Waals surface area (Å²) in [7, 11) is 4.61. The lowest BCUT2D eigenvalue weighted by atomic mass is 10.1. The molecular formula is C19H21NO4. The van der Waals surface area contributed by atoms with Crippen LogP contribution in [0.25, 0.3) is 6.08 Å². The third-order valence-electron chi connectivity index (χ3n) is 3.48. The van der Waals surface area contributed by atoms with Crippen molar-refractivity contribution < 1.29 is 19.0 Å². The number of nitrogens with one attached hydrogen (secondary N) is 1. The minimum absolute atomic E-state index is 0.352. The number of carbonyl (C=O) groups is 1. The Bertz CT molecular complexity index is 690. The standard InChI is InChI=1S/C19H21NO4/c1-22-17-8-4-14(5-9-17)12-15(19(21)24-3)13-20-16-6-10-18(23-2)11-7-16/h4-12,20H,13H2,1-3H3/b15-12-. The number of hydrogen-bond acceptors (Lipinski definition) is 5. The van der Waals surface area contributed by atoms with Gasteiger partial charge in [0.05, 0.1) is 26.9 Å². The Morgan fingerprint density at radius 2 is 1.46 bits per heavy atom. The van der Waals surface area contributed by atoms with Gasteiger partial charge >= 0.3 is 5.97 Å². The molecule has 0 heterocycles. The normalized spacial score (nSPS) is 10.9. The summed E-state index contributed by atoms with van der Waals surface area (Å²) in [5, 5.41) is 3.20. The zero-order valence-electron chi connectivity index (χ0n) is 14.0. The van der Waals surface area contributed by atoms with Crippen LogP contribution in [0.3, 0.4) is 0 Å². The average Bonchev–Trinajstić information content (AvgIpc) is 2.65. The molecule has 0 aromatic heterocycles. The summed E-state index contributed by atoms with van der Waals surface area (Å²) in [6.07, 6.45) is 1.79. The fraction of sp³-hybridized carbons (Fsp3) is 0.211. The van der Waals surface area contributed by atoms with Crippen molar-refractivity contribution in [2.24, 2.45) is 0 Å². The summed E-state index contributed by atoms with van der Waals surface area (Å²) in [6, 6.07) is 14.9. The minimum atomic E-state index is -0.369. The van der Waals surface area contributed by atoms with Crippen molar-refractivity contribution in [1.29, 1.82) is 0 Å². The lowest BCUT2D eigenvalue weighted by Crippen LogP contribution is -2.14. The molecule has 24 heavy (non-hydrogen) atoms. The third-order valence-corrected chi connectivity index (χ3v) is 3.48. The van der Waals surface area contributed by atoms with Gasteiger partial charge < -0.3 is 19.5 Å². The molecule has 126 valence electrons. The van der Waals surface area contributed by atoms with E-state index < -0.39 is 0 Å². The monoisotopic (exact) mass is 327 g/mol. The van der Waals surface area contributed by atoms with Crippen molar-refractivity contribution in [3.05, 3.63) is 59.7 Å². The molecule has 0 saturated carbocycles. The number of anilines is 1. The first-order valence-electron chi connectivity index (χ1n) is 7.47. The van der Waals surface area contributed by atoms with Gasteiger partial charge in [-0.15, -0.1) is 0 Å². The summed E-state index contributed by atoms with van der Waals surface area (Å²) in [4.78, 5) is 12.0. The highest BCUT2D eigenvalue weighted by atomic mass is 16.5. The van der Waals surface area contributed by atoms with Gasteiger partial charge in [-0.2, -0.15) is 0 Å². The fourth-order valence-electron chi connectivity index (χ4n) is 2.12. The highest BCUT2D eigenvalue weighted by molar-refractivity contribution is 5.94. The molecule has 0 aliphatic carbocycles. The molecule has 2 rings (SSSR count). The van der Waals surface area contributed by atoms with Crippen LogP contribution in [0.1, 0.15) is 5.56 Å². The number of methoxy groups -OCH3 is 3. The Balaban J connectivity index is 2.11. The summed E-state index contributed by atoms with van der Waals surface area (Å²) in [5.74, 6) is 1.18. The van der Waals surface area contributed by atoms with Crippen LogP contribution < -0.4 is 14.8 Å². The molecule has 0 unspecified atom stereocenters. The molecule has 1 N–H and O–H groups in total. The molecular weight excluding hydrogens is 306 g/mol. The summed E-state index contributed by atoms with van der Waals surface area (Å²) in [6.45, 7) is 0.352. The number of benzene rings is 2. The Labute approximate surface area is 141 Å². The van der Waals surface area contributed by atoms with E-state index in [2.05, 4.69) is 5.32 Å². The fourth-order valence-corrected chi connectivity index (χ4v) is 2.12. The van der Waals surface area contributed by atoms with Crippen molar-refractivity contribution >= 4 is 17.7 Å². The first-order valence-corrected chi connectivity index (χ1v) is 7.47. The predicted octanol–water partition coefficient (Wildman–Crippen LogP) is 3.37. The molecule has 5 nitrogen and oxygen atoms in total. The van der Waals surface area contributed by atoms with Gasteiger partial charge in [-0.25, -0.2) is 4.79 Å². The van der Waals surface area contributed by atoms with Gasteiger partial charge in [-0.1, -0.05) is 12.1 Å². The van der Waals surface area contributed by atoms with Gasteiger partial charge in [-0.3, -0.25) is 0 Å². The number of rotatable bonds is 7. The van der Waals surface area contributed by atoms with E-state index in [0.29, 0.717) is 12.1 Å². The quantitative estimate of drug-likeness (QED) is 0.624. The van der Waals surface area contributed by atoms with Crippen molar-refractivity contribution in [2.45, 2.75) is 0 Å². The van der Waals surface area contributed by atoms with Crippen LogP contribution in [0.15, 0.2) is 54.1 Å². The molecule has 0 aliphatic rings. The first kappa shape index (κ1) is 17.4. The van der Waals surface area contributed by atoms with Gasteiger partial charge in [0.15, 0.2) is 0 Å². The topological polar surface area (TPSA) is 56.8 Å². The van der Waals surface area contributed by atoms with Crippen LogP contribution >= 0.6 is 0 Å². The highest BCUT2D eigenvalue weighted by Crippen LogP contribution is 2.17. The van der Waals surface area contributed by atoms with E-state index in [-0.39, 0.29) is 5.97 Å². The maximum absolute atomic E-state index is 12.0. The lowest BCUT2D eigenvalue weighted by Gasteiger charge is -2.10. The van der Waals surface area contributed by atoms with Crippen LogP contribution in [0.2, 0.25) is 0 Å². The molecule has 0 fully saturated rings. The Morgan fingerprint density at radius 3 is 1.96 bits per heavy atom. The smallest absolute Gasteiger partial charge is 0.335 e. The second kappa shape index (κ2) is 8.62. The van der Waals surface area contributed by atoms with Crippen LogP contribution in [0.5, 0.6) is 11.5 Å². The van der Waals surface area contributed by atoms with Crippen LogP contribution in [0, 0.1) is 0 Å². The van der Waals surface area contributed by atoms with Gasteiger partial charge in [0.2, 0.25) is 0 Å². The van der Waals surface area contributed by atoms with E-state index >= 15 is 0 Å². The predicted molar refractivity (Wildman–Crippen MR) is 94.5 cm³/mol. The minimum Gasteiger partial charge on any atom is -0.497 e. The van der Waals surface area contributed by atoms with E-state index in [0.717, 1.165) is 22.7 Å². The lowest BCUT2D eigenvalue weighted by molar-refractivity contribution is -0.135. The van der Waals surface area contributed by atoms with Crippen molar-refractivity contribution in [2.75, 3.05) is 33.2 Å². The molecule has 5 heteroatoms. The molecule has 0 saturated heterocycles. The highest BCUT2D eigenvalue weighted by Gasteiger charge is 2.10. The number of hydrogen-bond donors (Lipinski definition) is 1. The van der Waals surface area contributed by atoms with Crippen LogP contribution in [-0.4, -0.2) is 33.8 Å². The zero-order valence-corrected chi connectivity index (χ0v) is 14.0.